The molecular formula is C18H14N2O. The highest BCUT2D eigenvalue weighted by molar-refractivity contribution is 6.04. The minimum Gasteiger partial charge on any atom is -0.324 e. The van der Waals surface area contributed by atoms with Crippen molar-refractivity contribution in [3.8, 4) is 0 Å². The average Bonchev–Trinajstić information content (AvgIpc) is 2.49. The fourth-order valence-electron chi connectivity index (χ4n) is 2.93. The van der Waals surface area contributed by atoms with Crippen LogP contribution in [0.25, 0.3) is 10.8 Å². The molecule has 1 aromatic heterocycles. The van der Waals surface area contributed by atoms with E-state index < -0.39 is 0 Å². The van der Waals surface area contributed by atoms with Crippen molar-refractivity contribution in [3.05, 3.63) is 72.1 Å². The van der Waals surface area contributed by atoms with Gasteiger partial charge in [0, 0.05) is 17.0 Å². The SMILES string of the molecule is O=C(Nc1cncc2ccccc12)C1Cc2ccccc21. The first-order valence-corrected chi connectivity index (χ1v) is 7.04. The van der Waals surface area contributed by atoms with Gasteiger partial charge >= 0.3 is 0 Å². The summed E-state index contributed by atoms with van der Waals surface area (Å²) in [4.78, 5) is 16.7. The van der Waals surface area contributed by atoms with Gasteiger partial charge in [0.25, 0.3) is 0 Å². The zero-order valence-electron chi connectivity index (χ0n) is 11.4. The van der Waals surface area contributed by atoms with E-state index in [1.807, 2.05) is 48.7 Å². The minimum atomic E-state index is -0.0415. The van der Waals surface area contributed by atoms with E-state index in [4.69, 9.17) is 0 Å². The lowest BCUT2D eigenvalue weighted by Gasteiger charge is -2.28. The molecule has 1 heterocycles. The Balaban J connectivity index is 1.63. The van der Waals surface area contributed by atoms with Crippen LogP contribution in [-0.4, -0.2) is 10.9 Å². The van der Waals surface area contributed by atoms with Crippen molar-refractivity contribution in [1.82, 2.24) is 4.98 Å². The molecule has 3 heteroatoms. The maximum absolute atomic E-state index is 12.5. The van der Waals surface area contributed by atoms with Gasteiger partial charge in [-0.25, -0.2) is 0 Å². The van der Waals surface area contributed by atoms with Crippen molar-refractivity contribution < 1.29 is 4.79 Å². The summed E-state index contributed by atoms with van der Waals surface area (Å²) in [6.45, 7) is 0. The smallest absolute Gasteiger partial charge is 0.232 e. The van der Waals surface area contributed by atoms with Gasteiger partial charge in [-0.1, -0.05) is 48.5 Å². The number of aromatic nitrogens is 1. The lowest BCUT2D eigenvalue weighted by molar-refractivity contribution is -0.118. The molecule has 0 aliphatic heterocycles. The van der Waals surface area contributed by atoms with Crippen LogP contribution < -0.4 is 5.32 Å². The van der Waals surface area contributed by atoms with Crippen molar-refractivity contribution in [3.63, 3.8) is 0 Å². The van der Waals surface area contributed by atoms with Crippen LogP contribution in [0.1, 0.15) is 17.0 Å². The van der Waals surface area contributed by atoms with E-state index in [1.165, 1.54) is 5.56 Å². The molecule has 0 bridgehead atoms. The second-order valence-corrected chi connectivity index (χ2v) is 5.35. The number of anilines is 1. The van der Waals surface area contributed by atoms with Gasteiger partial charge in [-0.05, 0) is 17.5 Å². The number of nitrogens with zero attached hydrogens (tertiary/aromatic N) is 1. The Morgan fingerprint density at radius 1 is 1.05 bits per heavy atom. The number of fused-ring (bicyclic) bond motifs is 2. The molecule has 0 fully saturated rings. The van der Waals surface area contributed by atoms with Crippen molar-refractivity contribution in [2.24, 2.45) is 0 Å². The van der Waals surface area contributed by atoms with Crippen LogP contribution in [0.3, 0.4) is 0 Å². The predicted octanol–water partition coefficient (Wildman–Crippen LogP) is 3.51. The number of nitrogens with one attached hydrogen (secondary N) is 1. The van der Waals surface area contributed by atoms with Crippen molar-refractivity contribution in [2.75, 3.05) is 5.32 Å². The van der Waals surface area contributed by atoms with E-state index in [-0.39, 0.29) is 11.8 Å². The van der Waals surface area contributed by atoms with Crippen LogP contribution in [0.4, 0.5) is 5.69 Å². The van der Waals surface area contributed by atoms with Gasteiger partial charge in [0.2, 0.25) is 5.91 Å². The van der Waals surface area contributed by atoms with Gasteiger partial charge in [0.15, 0.2) is 0 Å². The Labute approximate surface area is 122 Å². The highest BCUT2D eigenvalue weighted by Crippen LogP contribution is 2.36. The number of hydrogen-bond acceptors (Lipinski definition) is 2. The Morgan fingerprint density at radius 3 is 2.76 bits per heavy atom. The number of benzene rings is 2. The lowest BCUT2D eigenvalue weighted by atomic mass is 9.77. The molecule has 21 heavy (non-hydrogen) atoms. The zero-order chi connectivity index (χ0) is 14.2. The zero-order valence-corrected chi connectivity index (χ0v) is 11.4. The first kappa shape index (κ1) is 12.1. The van der Waals surface area contributed by atoms with E-state index in [0.717, 1.165) is 28.4 Å². The highest BCUT2D eigenvalue weighted by atomic mass is 16.1. The van der Waals surface area contributed by atoms with Crippen LogP contribution in [0, 0.1) is 0 Å². The fraction of sp³-hybridized carbons (Fsp3) is 0.111. The standard InChI is InChI=1S/C18H14N2O/c21-18(16-9-12-5-1-3-7-14(12)16)20-17-11-19-10-13-6-2-4-8-15(13)17/h1-8,10-11,16H,9H2,(H,20,21). The minimum absolute atomic E-state index is 0.0415. The van der Waals surface area contributed by atoms with Crippen LogP contribution in [0.5, 0.6) is 0 Å². The molecule has 2 aromatic carbocycles. The number of amides is 1. The van der Waals surface area contributed by atoms with Crippen LogP contribution in [0.15, 0.2) is 60.9 Å². The van der Waals surface area contributed by atoms with E-state index in [0.29, 0.717) is 0 Å². The predicted molar refractivity (Wildman–Crippen MR) is 83.3 cm³/mol. The summed E-state index contributed by atoms with van der Waals surface area (Å²) in [7, 11) is 0. The van der Waals surface area contributed by atoms with Crippen LogP contribution in [-0.2, 0) is 11.2 Å². The first-order valence-electron chi connectivity index (χ1n) is 7.04. The molecule has 1 N–H and O–H groups in total. The molecule has 3 aromatic rings. The van der Waals surface area contributed by atoms with Crippen LogP contribution in [0.2, 0.25) is 0 Å². The van der Waals surface area contributed by atoms with Crippen molar-refractivity contribution in [2.45, 2.75) is 12.3 Å². The molecule has 3 nitrogen and oxygen atoms in total. The van der Waals surface area contributed by atoms with Crippen molar-refractivity contribution in [1.29, 1.82) is 0 Å². The maximum atomic E-state index is 12.5. The third-order valence-electron chi connectivity index (χ3n) is 4.10. The number of pyridine rings is 1. The molecule has 1 aliphatic carbocycles. The highest BCUT2D eigenvalue weighted by Gasteiger charge is 2.31. The molecule has 0 spiro atoms. The third kappa shape index (κ3) is 1.98. The van der Waals surface area contributed by atoms with Gasteiger partial charge in [-0.15, -0.1) is 0 Å². The van der Waals surface area contributed by atoms with Gasteiger partial charge in [-0.3, -0.25) is 9.78 Å². The lowest BCUT2D eigenvalue weighted by Crippen LogP contribution is -2.30. The quantitative estimate of drug-likeness (QED) is 0.777. The summed E-state index contributed by atoms with van der Waals surface area (Å²) < 4.78 is 0. The third-order valence-corrected chi connectivity index (χ3v) is 4.10. The number of carbonyl (C=O) groups excluding carboxylic acids is 1. The normalized spacial score (nSPS) is 16.1. The summed E-state index contributed by atoms with van der Waals surface area (Å²) in [6.07, 6.45) is 4.34. The second kappa shape index (κ2) is 4.70. The number of carbonyl (C=O) groups is 1. The van der Waals surface area contributed by atoms with E-state index in [2.05, 4.69) is 16.4 Å². The molecular weight excluding hydrogens is 260 g/mol. The maximum Gasteiger partial charge on any atom is 0.232 e. The molecule has 0 radical (unpaired) electrons. The molecule has 0 saturated heterocycles. The molecule has 0 saturated carbocycles. The fourth-order valence-corrected chi connectivity index (χ4v) is 2.93. The molecule has 4 rings (SSSR count). The summed E-state index contributed by atoms with van der Waals surface area (Å²) in [6, 6.07) is 16.1. The first-order chi connectivity index (χ1) is 10.3. The van der Waals surface area contributed by atoms with Gasteiger partial charge in [0.1, 0.15) is 0 Å². The van der Waals surface area contributed by atoms with Gasteiger partial charge < -0.3 is 5.32 Å². The van der Waals surface area contributed by atoms with E-state index in [9.17, 15) is 4.79 Å². The molecule has 1 atom stereocenters. The molecule has 102 valence electrons. The summed E-state index contributed by atoms with van der Waals surface area (Å²) >= 11 is 0. The average molecular weight is 274 g/mol. The molecule has 1 amide bonds. The Morgan fingerprint density at radius 2 is 1.86 bits per heavy atom. The molecule has 1 aliphatic rings. The summed E-state index contributed by atoms with van der Waals surface area (Å²) in [5.74, 6) is 0.00650. The monoisotopic (exact) mass is 274 g/mol. The Bertz CT molecular complexity index is 836. The van der Waals surface area contributed by atoms with Crippen molar-refractivity contribution >= 4 is 22.4 Å². The Hall–Kier alpha value is -2.68. The topological polar surface area (TPSA) is 42.0 Å². The van der Waals surface area contributed by atoms with E-state index >= 15 is 0 Å². The summed E-state index contributed by atoms with van der Waals surface area (Å²) in [5.41, 5.74) is 3.19. The summed E-state index contributed by atoms with van der Waals surface area (Å²) in [5, 5.41) is 5.08. The van der Waals surface area contributed by atoms with Gasteiger partial charge in [0.05, 0.1) is 17.8 Å². The second-order valence-electron chi connectivity index (χ2n) is 5.35. The van der Waals surface area contributed by atoms with Crippen LogP contribution >= 0.6 is 0 Å². The Kier molecular flexibility index (Phi) is 2.71. The van der Waals surface area contributed by atoms with E-state index in [1.54, 1.807) is 6.20 Å². The largest absolute Gasteiger partial charge is 0.324 e. The van der Waals surface area contributed by atoms with Gasteiger partial charge in [-0.2, -0.15) is 0 Å². The number of rotatable bonds is 2. The number of hydrogen-bond donors (Lipinski definition) is 1. The molecule has 1 unspecified atom stereocenters.